The summed E-state index contributed by atoms with van der Waals surface area (Å²) in [6.07, 6.45) is 4.62. The molecule has 0 amide bonds. The molecule has 1 aliphatic rings. The van der Waals surface area contributed by atoms with Crippen molar-refractivity contribution in [3.05, 3.63) is 82.1 Å². The van der Waals surface area contributed by atoms with Crippen molar-refractivity contribution < 1.29 is 27.4 Å². The van der Waals surface area contributed by atoms with E-state index in [4.69, 9.17) is 16.3 Å². The smallest absolute Gasteiger partial charge is 0.215 e. The van der Waals surface area contributed by atoms with Gasteiger partial charge in [0.2, 0.25) is 5.75 Å². The highest BCUT2D eigenvalue weighted by atomic mass is 35.5. The lowest BCUT2D eigenvalue weighted by atomic mass is 10.1. The van der Waals surface area contributed by atoms with E-state index >= 15 is 0 Å². The number of halogens is 5. The van der Waals surface area contributed by atoms with Crippen LogP contribution in [0.1, 0.15) is 36.8 Å². The second-order valence-corrected chi connectivity index (χ2v) is 11.5. The van der Waals surface area contributed by atoms with E-state index in [2.05, 4.69) is 9.84 Å². The van der Waals surface area contributed by atoms with Gasteiger partial charge in [-0.25, -0.2) is 17.5 Å². The summed E-state index contributed by atoms with van der Waals surface area (Å²) in [5.74, 6) is -4.44. The Kier molecular flexibility index (Phi) is 11.2. The largest absolute Gasteiger partial charge is 0.493 e. The van der Waals surface area contributed by atoms with Gasteiger partial charge in [0.25, 0.3) is 0 Å². The summed E-state index contributed by atoms with van der Waals surface area (Å²) in [7, 11) is 1.73. The van der Waals surface area contributed by atoms with E-state index in [1.807, 2.05) is 24.3 Å². The molecule has 0 aromatic heterocycles. The molecule has 3 aromatic rings. The minimum atomic E-state index is -1.41. The highest BCUT2D eigenvalue weighted by molar-refractivity contribution is 7.97. The summed E-state index contributed by atoms with van der Waals surface area (Å²) < 4.78 is 65.0. The molecule has 0 spiro atoms. The van der Waals surface area contributed by atoms with Crippen LogP contribution in [0, 0.1) is 17.5 Å². The molecule has 11 heteroatoms. The lowest BCUT2D eigenvalue weighted by Crippen LogP contribution is -2.31. The second kappa shape index (κ2) is 14.6. The molecule has 210 valence electrons. The molecular weight excluding hydrogens is 571 g/mol. The molecule has 1 saturated heterocycles. The maximum absolute atomic E-state index is 14.9. The van der Waals surface area contributed by atoms with Gasteiger partial charge in [-0.2, -0.15) is 0 Å². The maximum Gasteiger partial charge on any atom is 0.215 e. The zero-order valence-electron chi connectivity index (χ0n) is 21.3. The molecule has 1 unspecified atom stereocenters. The van der Waals surface area contributed by atoms with Crippen LogP contribution in [0.15, 0.2) is 53.4 Å². The molecule has 4 nitrogen and oxygen atoms in total. The Balaban J connectivity index is 1.54. The molecule has 39 heavy (non-hydrogen) atoms. The minimum Gasteiger partial charge on any atom is -0.493 e. The standard InChI is InChI=1S/C28H30ClF4N2O2PS/c29-20-9-11-21(12-10-20)39-35(18-22-24(30)25(31)28(38)26(32)27(22)37-33)17-19-7-2-3-8-23(19)36-16-6-15-34-13-4-1-5-14-34/h2-3,7-12H,1,4-6,13-18,38H2. The number of nitrogens with zero attached hydrogens (tertiary/aromatic N) is 2. The average Bonchev–Trinajstić information content (AvgIpc) is 2.95. The highest BCUT2D eigenvalue weighted by Crippen LogP contribution is 2.35. The summed E-state index contributed by atoms with van der Waals surface area (Å²) >= 11 is 7.22. The predicted molar refractivity (Wildman–Crippen MR) is 151 cm³/mol. The van der Waals surface area contributed by atoms with Gasteiger partial charge in [0.1, 0.15) is 5.75 Å². The third-order valence-corrected chi connectivity index (χ3v) is 8.27. The van der Waals surface area contributed by atoms with Crippen molar-refractivity contribution in [1.82, 2.24) is 9.21 Å². The van der Waals surface area contributed by atoms with Gasteiger partial charge in [0.05, 0.1) is 12.2 Å². The van der Waals surface area contributed by atoms with E-state index in [1.165, 1.54) is 31.2 Å². The Bertz CT molecular complexity index is 1250. The molecule has 1 atom stereocenters. The maximum atomic E-state index is 14.9. The topological polar surface area (TPSA) is 24.9 Å². The second-order valence-electron chi connectivity index (χ2n) is 9.30. The van der Waals surface area contributed by atoms with Crippen LogP contribution in [0.5, 0.6) is 11.5 Å². The molecule has 0 saturated carbocycles. The van der Waals surface area contributed by atoms with Gasteiger partial charge in [-0.15, -0.1) is 0 Å². The predicted octanol–water partition coefficient (Wildman–Crippen LogP) is 7.49. The Morgan fingerprint density at radius 2 is 1.64 bits per heavy atom. The van der Waals surface area contributed by atoms with Crippen LogP contribution in [0.3, 0.4) is 0 Å². The number of ether oxygens (including phenoxy) is 1. The number of hydrogen-bond acceptors (Lipinski definition) is 5. The number of hydrogen-bond donors (Lipinski definition) is 0. The summed E-state index contributed by atoms with van der Waals surface area (Å²) in [5.41, 5.74) is 0.212. The summed E-state index contributed by atoms with van der Waals surface area (Å²) in [4.78, 5) is 6.86. The van der Waals surface area contributed by atoms with E-state index in [0.717, 1.165) is 36.5 Å². The van der Waals surface area contributed by atoms with Gasteiger partial charge < -0.3 is 9.64 Å². The van der Waals surface area contributed by atoms with Crippen molar-refractivity contribution in [3.63, 3.8) is 0 Å². The lowest BCUT2D eigenvalue weighted by molar-refractivity contribution is -0.0127. The van der Waals surface area contributed by atoms with Gasteiger partial charge in [0, 0.05) is 44.9 Å². The number of piperidine rings is 1. The van der Waals surface area contributed by atoms with Crippen LogP contribution in [0.25, 0.3) is 0 Å². The van der Waals surface area contributed by atoms with E-state index in [-0.39, 0.29) is 13.1 Å². The fraction of sp³-hybridized carbons (Fsp3) is 0.357. The Labute approximate surface area is 237 Å². The molecule has 1 fully saturated rings. The van der Waals surface area contributed by atoms with E-state index in [9.17, 15) is 17.7 Å². The zero-order chi connectivity index (χ0) is 27.8. The fourth-order valence-electron chi connectivity index (χ4n) is 4.48. The van der Waals surface area contributed by atoms with Crippen LogP contribution >= 0.6 is 32.8 Å². The monoisotopic (exact) mass is 600 g/mol. The van der Waals surface area contributed by atoms with Crippen molar-refractivity contribution in [1.29, 1.82) is 0 Å². The van der Waals surface area contributed by atoms with Crippen molar-refractivity contribution in [2.24, 2.45) is 0 Å². The molecule has 4 rings (SSSR count). The first-order valence-corrected chi connectivity index (χ1v) is 14.4. The van der Waals surface area contributed by atoms with Crippen LogP contribution in [0.2, 0.25) is 5.02 Å². The van der Waals surface area contributed by atoms with E-state index in [1.54, 1.807) is 37.8 Å². The summed E-state index contributed by atoms with van der Waals surface area (Å²) in [6, 6.07) is 14.3. The fourth-order valence-corrected chi connectivity index (χ4v) is 5.82. The van der Waals surface area contributed by atoms with Gasteiger partial charge >= 0.3 is 0 Å². The number of benzene rings is 3. The summed E-state index contributed by atoms with van der Waals surface area (Å²) in [5, 5.41) is -0.197. The molecule has 3 aromatic carbocycles. The molecule has 0 aliphatic carbocycles. The van der Waals surface area contributed by atoms with Crippen molar-refractivity contribution in [3.8, 4) is 11.5 Å². The Hall–Kier alpha value is -2.03. The zero-order valence-corrected chi connectivity index (χ0v) is 24.0. The molecule has 1 heterocycles. The van der Waals surface area contributed by atoms with E-state index < -0.39 is 34.1 Å². The number of para-hydroxylation sites is 1. The summed E-state index contributed by atoms with van der Waals surface area (Å²) in [6.45, 7) is 3.57. The van der Waals surface area contributed by atoms with Crippen LogP contribution in [-0.4, -0.2) is 35.4 Å². The first-order valence-electron chi connectivity index (χ1n) is 12.7. The van der Waals surface area contributed by atoms with Gasteiger partial charge in [-0.3, -0.25) is 4.94 Å². The molecule has 0 N–H and O–H groups in total. The Morgan fingerprint density at radius 3 is 2.36 bits per heavy atom. The van der Waals surface area contributed by atoms with Gasteiger partial charge in [0.15, 0.2) is 17.5 Å². The number of likely N-dealkylation sites (tertiary alicyclic amines) is 1. The average molecular weight is 601 g/mol. The van der Waals surface area contributed by atoms with Gasteiger partial charge in [-0.05, 0) is 74.6 Å². The normalized spacial score (nSPS) is 14.1. The van der Waals surface area contributed by atoms with Gasteiger partial charge in [-0.1, -0.05) is 45.5 Å². The third kappa shape index (κ3) is 8.01. The van der Waals surface area contributed by atoms with Crippen molar-refractivity contribution in [2.75, 3.05) is 26.2 Å². The highest BCUT2D eigenvalue weighted by Gasteiger charge is 2.27. The first-order chi connectivity index (χ1) is 18.9. The molecular formula is C28H30ClF4N2O2PS. The third-order valence-electron chi connectivity index (χ3n) is 6.51. The van der Waals surface area contributed by atoms with Crippen LogP contribution < -0.4 is 15.0 Å². The van der Waals surface area contributed by atoms with Crippen LogP contribution in [0.4, 0.5) is 17.7 Å². The van der Waals surface area contributed by atoms with Crippen LogP contribution in [-0.2, 0) is 13.1 Å². The van der Waals surface area contributed by atoms with Crippen molar-refractivity contribution >= 4 is 38.1 Å². The Morgan fingerprint density at radius 1 is 0.923 bits per heavy atom. The minimum absolute atomic E-state index is 0.201. The first kappa shape index (κ1) is 29.9. The van der Waals surface area contributed by atoms with E-state index in [0.29, 0.717) is 17.4 Å². The molecule has 1 aliphatic heterocycles. The number of rotatable bonds is 12. The molecule has 0 bridgehead atoms. The SMILES string of the molecule is FOc1c(F)c(P)c(F)c(F)c1CN(Cc1ccccc1OCCCN1CCCCC1)Sc1ccc(Cl)cc1. The quantitative estimate of drug-likeness (QED) is 0.0705. The lowest BCUT2D eigenvalue weighted by Gasteiger charge is -2.26. The van der Waals surface area contributed by atoms with Crippen molar-refractivity contribution in [2.45, 2.75) is 43.7 Å². The molecule has 0 radical (unpaired) electrons.